The highest BCUT2D eigenvalue weighted by Gasteiger charge is 2.25. The highest BCUT2D eigenvalue weighted by atomic mass is 32.2. The highest BCUT2D eigenvalue weighted by Crippen LogP contribution is 2.27. The number of H-pyrrole nitrogens is 1. The number of nitrogens with one attached hydrogen (secondary N) is 1. The van der Waals surface area contributed by atoms with Crippen LogP contribution in [0.25, 0.3) is 0 Å². The Hall–Kier alpha value is -2.07. The van der Waals surface area contributed by atoms with Crippen LogP contribution >= 0.6 is 0 Å². The number of aromatic amines is 1. The van der Waals surface area contributed by atoms with Gasteiger partial charge in [-0.25, -0.2) is 26.7 Å². The first-order chi connectivity index (χ1) is 12.5. The zero-order valence-corrected chi connectivity index (χ0v) is 16.8. The van der Waals surface area contributed by atoms with Gasteiger partial charge in [0.25, 0.3) is 0 Å². The number of hydrogen-bond donors (Lipinski definition) is 1. The van der Waals surface area contributed by atoms with Gasteiger partial charge in [-0.05, 0) is 25.5 Å². The van der Waals surface area contributed by atoms with Crippen molar-refractivity contribution in [3.63, 3.8) is 0 Å². The van der Waals surface area contributed by atoms with Crippen LogP contribution in [-0.4, -0.2) is 39.8 Å². The van der Waals surface area contributed by atoms with Gasteiger partial charge in [-0.15, -0.1) is 0 Å². The van der Waals surface area contributed by atoms with Gasteiger partial charge in [0.05, 0.1) is 6.26 Å². The first-order valence-corrected chi connectivity index (χ1v) is 10.4. The van der Waals surface area contributed by atoms with E-state index in [2.05, 4.69) is 10.1 Å². The van der Waals surface area contributed by atoms with Crippen molar-refractivity contribution in [2.75, 3.05) is 6.26 Å². The summed E-state index contributed by atoms with van der Waals surface area (Å²) >= 11 is 0. The summed E-state index contributed by atoms with van der Waals surface area (Å²) in [5.41, 5.74) is -0.476. The lowest BCUT2D eigenvalue weighted by atomic mass is 9.98. The summed E-state index contributed by atoms with van der Waals surface area (Å²) < 4.78 is 55.5. The Morgan fingerprint density at radius 3 is 2.37 bits per heavy atom. The first-order valence-electron chi connectivity index (χ1n) is 8.53. The van der Waals surface area contributed by atoms with E-state index in [0.717, 1.165) is 27.4 Å². The molecule has 0 amide bonds. The molecule has 150 valence electrons. The van der Waals surface area contributed by atoms with E-state index in [-0.39, 0.29) is 29.5 Å². The second kappa shape index (κ2) is 7.89. The Balaban J connectivity index is 2.40. The molecule has 1 N–H and O–H groups in total. The van der Waals surface area contributed by atoms with Crippen molar-refractivity contribution in [3.05, 3.63) is 51.2 Å². The van der Waals surface area contributed by atoms with Crippen LogP contribution in [0.1, 0.15) is 50.1 Å². The SMILES string of the molecule is CC[C@H](C)N(Cc1cc(F)c(C(C)c2nn(C)c(=O)[nH]2)cc1F)S(C)(=O)=O. The molecule has 1 unspecified atom stereocenters. The van der Waals surface area contributed by atoms with Crippen molar-refractivity contribution in [2.24, 2.45) is 7.05 Å². The van der Waals surface area contributed by atoms with Gasteiger partial charge in [-0.2, -0.15) is 9.40 Å². The Labute approximate surface area is 157 Å². The summed E-state index contributed by atoms with van der Waals surface area (Å²) in [6.45, 7) is 4.87. The van der Waals surface area contributed by atoms with Crippen molar-refractivity contribution < 1.29 is 17.2 Å². The maximum absolute atomic E-state index is 14.6. The monoisotopic (exact) mass is 402 g/mol. The van der Waals surface area contributed by atoms with Crippen molar-refractivity contribution in [1.29, 1.82) is 0 Å². The summed E-state index contributed by atoms with van der Waals surface area (Å²) in [7, 11) is -2.14. The second-order valence-electron chi connectivity index (χ2n) is 6.69. The van der Waals surface area contributed by atoms with Crippen LogP contribution in [0.5, 0.6) is 0 Å². The molecule has 10 heteroatoms. The maximum Gasteiger partial charge on any atom is 0.343 e. The fourth-order valence-electron chi connectivity index (χ4n) is 2.79. The van der Waals surface area contributed by atoms with E-state index in [9.17, 15) is 22.0 Å². The molecule has 1 heterocycles. The average molecular weight is 402 g/mol. The molecular weight excluding hydrogens is 378 g/mol. The van der Waals surface area contributed by atoms with Gasteiger partial charge in [0.1, 0.15) is 17.5 Å². The summed E-state index contributed by atoms with van der Waals surface area (Å²) in [5, 5.41) is 3.97. The van der Waals surface area contributed by atoms with Gasteiger partial charge in [0.2, 0.25) is 10.0 Å². The average Bonchev–Trinajstić information content (AvgIpc) is 2.91. The van der Waals surface area contributed by atoms with Crippen molar-refractivity contribution in [1.82, 2.24) is 19.1 Å². The van der Waals surface area contributed by atoms with Gasteiger partial charge >= 0.3 is 5.69 Å². The molecular formula is C17H24F2N4O3S. The minimum Gasteiger partial charge on any atom is -0.292 e. The molecule has 2 rings (SSSR count). The second-order valence-corrected chi connectivity index (χ2v) is 8.63. The molecule has 2 atom stereocenters. The highest BCUT2D eigenvalue weighted by molar-refractivity contribution is 7.88. The predicted octanol–water partition coefficient (Wildman–Crippen LogP) is 2.10. The lowest BCUT2D eigenvalue weighted by molar-refractivity contribution is 0.320. The number of hydrogen-bond acceptors (Lipinski definition) is 4. The molecule has 0 spiro atoms. The molecule has 0 radical (unpaired) electrons. The van der Waals surface area contributed by atoms with Gasteiger partial charge in [-0.1, -0.05) is 13.8 Å². The number of halogens is 2. The van der Waals surface area contributed by atoms with Crippen molar-refractivity contribution >= 4 is 10.0 Å². The van der Waals surface area contributed by atoms with E-state index < -0.39 is 33.3 Å². The van der Waals surface area contributed by atoms with Crippen LogP contribution in [0.2, 0.25) is 0 Å². The molecule has 7 nitrogen and oxygen atoms in total. The molecule has 0 aliphatic rings. The molecule has 0 fully saturated rings. The van der Waals surface area contributed by atoms with Gasteiger partial charge < -0.3 is 0 Å². The van der Waals surface area contributed by atoms with E-state index in [1.807, 2.05) is 6.92 Å². The van der Waals surface area contributed by atoms with Gasteiger partial charge in [-0.3, -0.25) is 4.98 Å². The topological polar surface area (TPSA) is 88.1 Å². The van der Waals surface area contributed by atoms with E-state index in [1.54, 1.807) is 13.8 Å². The molecule has 0 saturated carbocycles. The Kier molecular flexibility index (Phi) is 6.21. The van der Waals surface area contributed by atoms with Crippen LogP contribution in [-0.2, 0) is 23.6 Å². The molecule has 2 aromatic rings. The summed E-state index contributed by atoms with van der Waals surface area (Å²) in [6, 6.07) is 1.68. The Bertz CT molecular complexity index is 985. The third-order valence-electron chi connectivity index (χ3n) is 4.66. The molecule has 27 heavy (non-hydrogen) atoms. The third-order valence-corrected chi connectivity index (χ3v) is 6.00. The van der Waals surface area contributed by atoms with Crippen LogP contribution < -0.4 is 5.69 Å². The molecule has 0 bridgehead atoms. The zero-order valence-electron chi connectivity index (χ0n) is 16.0. The smallest absolute Gasteiger partial charge is 0.292 e. The number of nitrogens with zero attached hydrogens (tertiary/aromatic N) is 3. The molecule has 1 aromatic heterocycles. The third kappa shape index (κ3) is 4.62. The lowest BCUT2D eigenvalue weighted by Crippen LogP contribution is -2.37. The molecule has 0 aliphatic heterocycles. The molecule has 0 aliphatic carbocycles. The largest absolute Gasteiger partial charge is 0.343 e. The summed E-state index contributed by atoms with van der Waals surface area (Å²) in [4.78, 5) is 14.0. The molecule has 1 aromatic carbocycles. The lowest BCUT2D eigenvalue weighted by Gasteiger charge is -2.26. The number of aromatic nitrogens is 3. The minimum atomic E-state index is -3.58. The number of sulfonamides is 1. The quantitative estimate of drug-likeness (QED) is 0.768. The van der Waals surface area contributed by atoms with Gasteiger partial charge in [0.15, 0.2) is 0 Å². The molecule has 0 saturated heterocycles. The number of aryl methyl sites for hydroxylation is 1. The standard InChI is InChI=1S/C17H24F2N4O3S/c1-6-10(2)23(27(5,25)26)9-12-7-15(19)13(8-14(12)18)11(3)16-20-17(24)22(4)21-16/h7-8,10-11H,6,9H2,1-5H3,(H,20,21,24)/t10-,11?/m0/s1. The van der Waals surface area contributed by atoms with E-state index in [1.165, 1.54) is 7.05 Å². The van der Waals surface area contributed by atoms with Gasteiger partial charge in [0, 0.05) is 36.7 Å². The van der Waals surface area contributed by atoms with Crippen LogP contribution in [0.4, 0.5) is 8.78 Å². The first kappa shape index (κ1) is 21.2. The van der Waals surface area contributed by atoms with E-state index in [4.69, 9.17) is 0 Å². The number of rotatable bonds is 7. The predicted molar refractivity (Wildman–Crippen MR) is 97.8 cm³/mol. The van der Waals surface area contributed by atoms with Crippen molar-refractivity contribution in [2.45, 2.75) is 45.7 Å². The van der Waals surface area contributed by atoms with Crippen LogP contribution in [0.15, 0.2) is 16.9 Å². The van der Waals surface area contributed by atoms with E-state index >= 15 is 0 Å². The minimum absolute atomic E-state index is 0.0278. The number of benzene rings is 1. The summed E-state index contributed by atoms with van der Waals surface area (Å²) in [5.74, 6) is -1.87. The zero-order chi connectivity index (χ0) is 20.5. The van der Waals surface area contributed by atoms with Crippen LogP contribution in [0, 0.1) is 11.6 Å². The Morgan fingerprint density at radius 2 is 1.89 bits per heavy atom. The normalized spacial score (nSPS) is 14.5. The maximum atomic E-state index is 14.6. The summed E-state index contributed by atoms with van der Waals surface area (Å²) in [6.07, 6.45) is 1.58. The fourth-order valence-corrected chi connectivity index (χ4v) is 3.97. The van der Waals surface area contributed by atoms with Crippen molar-refractivity contribution in [3.8, 4) is 0 Å². The Morgan fingerprint density at radius 1 is 1.26 bits per heavy atom. The van der Waals surface area contributed by atoms with Crippen LogP contribution in [0.3, 0.4) is 0 Å². The van der Waals surface area contributed by atoms with E-state index in [0.29, 0.717) is 6.42 Å². The fraction of sp³-hybridized carbons (Fsp3) is 0.529.